The summed E-state index contributed by atoms with van der Waals surface area (Å²) in [6.45, 7) is 1.75. The predicted molar refractivity (Wildman–Crippen MR) is 86.5 cm³/mol. The lowest BCUT2D eigenvalue weighted by molar-refractivity contribution is -0.177. The molecule has 0 bridgehead atoms. The summed E-state index contributed by atoms with van der Waals surface area (Å²) in [6.07, 6.45) is 0.0457. The van der Waals surface area contributed by atoms with Gasteiger partial charge in [-0.25, -0.2) is 9.78 Å². The monoisotopic (exact) mass is 348 g/mol. The molecule has 8 heteroatoms. The number of benzene rings is 1. The van der Waals surface area contributed by atoms with Gasteiger partial charge in [0.05, 0.1) is 29.8 Å². The van der Waals surface area contributed by atoms with Crippen LogP contribution in [-0.4, -0.2) is 45.7 Å². The highest BCUT2D eigenvalue weighted by Crippen LogP contribution is 2.31. The number of ketones is 1. The van der Waals surface area contributed by atoms with Crippen molar-refractivity contribution >= 4 is 40.5 Å². The highest BCUT2D eigenvalue weighted by Gasteiger charge is 2.54. The van der Waals surface area contributed by atoms with Gasteiger partial charge in [-0.3, -0.25) is 9.59 Å². The largest absolute Gasteiger partial charge is 0.463 e. The number of para-hydroxylation sites is 2. The van der Waals surface area contributed by atoms with E-state index >= 15 is 0 Å². The minimum absolute atomic E-state index is 0.0180. The van der Waals surface area contributed by atoms with Crippen LogP contribution in [0.5, 0.6) is 0 Å². The van der Waals surface area contributed by atoms with Gasteiger partial charge in [-0.1, -0.05) is 23.9 Å². The molecule has 24 heavy (non-hydrogen) atoms. The zero-order valence-electron chi connectivity index (χ0n) is 13.0. The van der Waals surface area contributed by atoms with Crippen LogP contribution in [0.2, 0.25) is 0 Å². The molecule has 1 N–H and O–H groups in total. The van der Waals surface area contributed by atoms with Crippen molar-refractivity contribution in [3.63, 3.8) is 0 Å². The van der Waals surface area contributed by atoms with Gasteiger partial charge in [0.15, 0.2) is 10.9 Å². The Morgan fingerprint density at radius 3 is 2.88 bits per heavy atom. The number of aromatic nitrogens is 2. The van der Waals surface area contributed by atoms with Crippen LogP contribution < -0.4 is 0 Å². The lowest BCUT2D eigenvalue weighted by Crippen LogP contribution is -2.48. The first-order valence-electron chi connectivity index (χ1n) is 7.55. The van der Waals surface area contributed by atoms with Crippen molar-refractivity contribution in [2.75, 3.05) is 12.4 Å². The Morgan fingerprint density at radius 1 is 1.42 bits per heavy atom. The number of carbonyl (C=O) groups excluding carboxylic acids is 3. The van der Waals surface area contributed by atoms with Gasteiger partial charge in [-0.15, -0.1) is 0 Å². The fourth-order valence-corrected chi connectivity index (χ4v) is 3.37. The Balaban J connectivity index is 1.73. The normalized spacial score (nSPS) is 20.1. The highest BCUT2D eigenvalue weighted by atomic mass is 32.2. The standard InChI is InChI=1S/C16H16N2O5S/c1-2-22-14(21)16(8-7-13(20)23-16)12(19)9-24-15-17-10-5-3-4-6-11(10)18-15/h3-6H,2,7-9H2,1H3,(H,17,18)/t16-/m0/s1. The van der Waals surface area contributed by atoms with E-state index < -0.39 is 23.3 Å². The van der Waals surface area contributed by atoms with Gasteiger partial charge >= 0.3 is 11.9 Å². The van der Waals surface area contributed by atoms with Crippen LogP contribution in [0.25, 0.3) is 11.0 Å². The van der Waals surface area contributed by atoms with Gasteiger partial charge < -0.3 is 14.5 Å². The molecule has 0 spiro atoms. The van der Waals surface area contributed by atoms with Crippen molar-refractivity contribution in [3.8, 4) is 0 Å². The van der Waals surface area contributed by atoms with E-state index in [1.807, 2.05) is 24.3 Å². The van der Waals surface area contributed by atoms with Crippen LogP contribution in [0.1, 0.15) is 19.8 Å². The number of nitrogens with zero attached hydrogens (tertiary/aromatic N) is 1. The van der Waals surface area contributed by atoms with E-state index in [1.54, 1.807) is 6.92 Å². The number of hydrogen-bond donors (Lipinski definition) is 1. The predicted octanol–water partition coefficient (Wildman–Crippen LogP) is 1.86. The first kappa shape index (κ1) is 16.5. The summed E-state index contributed by atoms with van der Waals surface area (Å²) in [5.41, 5.74) is -0.161. The fraction of sp³-hybridized carbons (Fsp3) is 0.375. The van der Waals surface area contributed by atoms with Crippen molar-refractivity contribution < 1.29 is 23.9 Å². The first-order valence-corrected chi connectivity index (χ1v) is 8.53. The number of H-pyrrole nitrogens is 1. The zero-order chi connectivity index (χ0) is 17.2. The van der Waals surface area contributed by atoms with E-state index in [1.165, 1.54) is 0 Å². The summed E-state index contributed by atoms with van der Waals surface area (Å²) in [6, 6.07) is 7.49. The number of esters is 2. The van der Waals surface area contributed by atoms with Crippen LogP contribution in [0.15, 0.2) is 29.4 Å². The number of aromatic amines is 1. The topological polar surface area (TPSA) is 98.4 Å². The second kappa shape index (κ2) is 6.64. The Labute approximate surface area is 142 Å². The van der Waals surface area contributed by atoms with Crippen LogP contribution >= 0.6 is 11.8 Å². The molecule has 1 aromatic carbocycles. The number of cyclic esters (lactones) is 1. The van der Waals surface area contributed by atoms with Gasteiger partial charge in [-0.2, -0.15) is 0 Å². The lowest BCUT2D eigenvalue weighted by atomic mass is 9.96. The average molecular weight is 348 g/mol. The Bertz CT molecular complexity index is 770. The first-order chi connectivity index (χ1) is 11.5. The molecule has 126 valence electrons. The second-order valence-electron chi connectivity index (χ2n) is 5.29. The van der Waals surface area contributed by atoms with Crippen molar-refractivity contribution in [1.29, 1.82) is 0 Å². The Hall–Kier alpha value is -2.35. The molecule has 1 aliphatic rings. The molecule has 0 saturated carbocycles. The number of thioether (sulfide) groups is 1. The third kappa shape index (κ3) is 3.01. The number of Topliss-reactive ketones (excluding diaryl/α,β-unsaturated/α-hetero) is 1. The van der Waals surface area contributed by atoms with Crippen molar-refractivity contribution in [2.45, 2.75) is 30.5 Å². The molecule has 3 rings (SSSR count). The number of imidazole rings is 1. The second-order valence-corrected chi connectivity index (χ2v) is 6.26. The van der Waals surface area contributed by atoms with E-state index in [9.17, 15) is 14.4 Å². The zero-order valence-corrected chi connectivity index (χ0v) is 13.9. The van der Waals surface area contributed by atoms with Crippen LogP contribution in [-0.2, 0) is 23.9 Å². The number of rotatable bonds is 6. The summed E-state index contributed by atoms with van der Waals surface area (Å²) >= 11 is 1.16. The maximum Gasteiger partial charge on any atom is 0.358 e. The highest BCUT2D eigenvalue weighted by molar-refractivity contribution is 7.99. The van der Waals surface area contributed by atoms with E-state index in [2.05, 4.69) is 9.97 Å². The van der Waals surface area contributed by atoms with Gasteiger partial charge in [0.1, 0.15) is 0 Å². The van der Waals surface area contributed by atoms with E-state index in [4.69, 9.17) is 9.47 Å². The molecule has 1 aromatic heterocycles. The summed E-state index contributed by atoms with van der Waals surface area (Å²) in [4.78, 5) is 43.6. The smallest absolute Gasteiger partial charge is 0.358 e. The van der Waals surface area contributed by atoms with Crippen LogP contribution in [0, 0.1) is 0 Å². The quantitative estimate of drug-likeness (QED) is 0.483. The maximum absolute atomic E-state index is 12.6. The summed E-state index contributed by atoms with van der Waals surface area (Å²) in [5.74, 6) is -1.90. The molecule has 1 saturated heterocycles. The number of fused-ring (bicyclic) bond motifs is 1. The average Bonchev–Trinajstić information content (AvgIpc) is 3.16. The number of ether oxygens (including phenoxy) is 2. The van der Waals surface area contributed by atoms with Crippen LogP contribution in [0.4, 0.5) is 0 Å². The van der Waals surface area contributed by atoms with Crippen molar-refractivity contribution in [1.82, 2.24) is 9.97 Å². The molecule has 2 aromatic rings. The Kier molecular flexibility index (Phi) is 4.57. The third-order valence-electron chi connectivity index (χ3n) is 3.73. The summed E-state index contributed by atoms with van der Waals surface area (Å²) in [7, 11) is 0. The lowest BCUT2D eigenvalue weighted by Gasteiger charge is -2.23. The molecule has 0 radical (unpaired) electrons. The van der Waals surface area contributed by atoms with Gasteiger partial charge in [0.2, 0.25) is 0 Å². The molecule has 0 unspecified atom stereocenters. The molecular formula is C16H16N2O5S. The molecule has 1 fully saturated rings. The van der Waals surface area contributed by atoms with Crippen molar-refractivity contribution in [2.24, 2.45) is 0 Å². The summed E-state index contributed by atoms with van der Waals surface area (Å²) in [5, 5.41) is 0.563. The van der Waals surface area contributed by atoms with E-state index in [0.717, 1.165) is 22.8 Å². The van der Waals surface area contributed by atoms with E-state index in [-0.39, 0.29) is 25.2 Å². The molecule has 1 atom stereocenters. The van der Waals surface area contributed by atoms with Gasteiger partial charge in [0.25, 0.3) is 5.60 Å². The van der Waals surface area contributed by atoms with Gasteiger partial charge in [-0.05, 0) is 19.1 Å². The molecule has 0 aliphatic carbocycles. The van der Waals surface area contributed by atoms with Crippen LogP contribution in [0.3, 0.4) is 0 Å². The number of carbonyl (C=O) groups is 3. The number of hydrogen-bond acceptors (Lipinski definition) is 7. The molecule has 7 nitrogen and oxygen atoms in total. The van der Waals surface area contributed by atoms with Gasteiger partial charge in [0, 0.05) is 6.42 Å². The molecule has 2 heterocycles. The fourth-order valence-electron chi connectivity index (χ4n) is 2.52. The minimum atomic E-state index is -1.81. The minimum Gasteiger partial charge on any atom is -0.463 e. The third-order valence-corrected chi connectivity index (χ3v) is 4.61. The Morgan fingerprint density at radius 2 is 2.21 bits per heavy atom. The maximum atomic E-state index is 12.6. The molecule has 1 aliphatic heterocycles. The molecule has 0 amide bonds. The summed E-state index contributed by atoms with van der Waals surface area (Å²) < 4.78 is 9.99. The SMILES string of the molecule is CCOC(=O)[C@@]1(C(=O)CSc2nc3ccccc3[nH]2)CCC(=O)O1. The molecular weight excluding hydrogens is 332 g/mol. The van der Waals surface area contributed by atoms with E-state index in [0.29, 0.717) is 5.16 Å². The van der Waals surface area contributed by atoms with Crippen molar-refractivity contribution in [3.05, 3.63) is 24.3 Å². The number of nitrogens with one attached hydrogen (secondary N) is 1.